The maximum atomic E-state index is 11.9. The molecule has 3 N–H and O–H groups in total. The normalized spacial score (nSPS) is 10.5. The summed E-state index contributed by atoms with van der Waals surface area (Å²) >= 11 is 0. The van der Waals surface area contributed by atoms with Crippen LogP contribution >= 0.6 is 0 Å². The minimum atomic E-state index is -0.103. The maximum absolute atomic E-state index is 11.9. The van der Waals surface area contributed by atoms with Crippen LogP contribution in [0.25, 0.3) is 0 Å². The van der Waals surface area contributed by atoms with Crippen LogP contribution in [0.3, 0.4) is 0 Å². The van der Waals surface area contributed by atoms with Crippen LogP contribution < -0.4 is 16.0 Å². The quantitative estimate of drug-likeness (QED) is 0.672. The van der Waals surface area contributed by atoms with Crippen LogP contribution in [0.2, 0.25) is 0 Å². The molecule has 0 aliphatic carbocycles. The molecule has 5 nitrogen and oxygen atoms in total. The molecule has 0 saturated carbocycles. The van der Waals surface area contributed by atoms with Gasteiger partial charge >= 0.3 is 0 Å². The van der Waals surface area contributed by atoms with E-state index in [4.69, 9.17) is 0 Å². The zero-order valence-electron chi connectivity index (χ0n) is 13.2. The topological polar surface area (TPSA) is 70.2 Å². The summed E-state index contributed by atoms with van der Waals surface area (Å²) in [4.78, 5) is 23.7. The Balaban J connectivity index is 2.67. The fourth-order valence-electron chi connectivity index (χ4n) is 1.92. The average Bonchev–Trinajstić information content (AvgIpc) is 2.40. The predicted molar refractivity (Wildman–Crippen MR) is 85.5 cm³/mol. The van der Waals surface area contributed by atoms with Gasteiger partial charge in [-0.15, -0.1) is 0 Å². The lowest BCUT2D eigenvalue weighted by Crippen LogP contribution is -2.30. The molecule has 1 rings (SSSR count). The van der Waals surface area contributed by atoms with Gasteiger partial charge in [0.25, 0.3) is 5.91 Å². The third-order valence-electron chi connectivity index (χ3n) is 3.02. The zero-order valence-corrected chi connectivity index (χ0v) is 13.2. The van der Waals surface area contributed by atoms with Gasteiger partial charge in [0.2, 0.25) is 5.91 Å². The van der Waals surface area contributed by atoms with E-state index >= 15 is 0 Å². The Morgan fingerprint density at radius 2 is 1.90 bits per heavy atom. The summed E-state index contributed by atoms with van der Waals surface area (Å²) in [7, 11) is 1.84. The van der Waals surface area contributed by atoms with Crippen LogP contribution in [-0.2, 0) is 4.79 Å². The van der Waals surface area contributed by atoms with Crippen LogP contribution in [0.5, 0.6) is 0 Å². The van der Waals surface area contributed by atoms with Crippen molar-refractivity contribution in [2.24, 2.45) is 5.92 Å². The van der Waals surface area contributed by atoms with Gasteiger partial charge in [0.1, 0.15) is 0 Å². The molecule has 116 valence electrons. The SMILES string of the molecule is CNCCNC(=O)c1ccc(NC(=O)CC(C)C)c(C)c1. The van der Waals surface area contributed by atoms with E-state index in [0.29, 0.717) is 24.4 Å². The van der Waals surface area contributed by atoms with Crippen LogP contribution in [0.15, 0.2) is 18.2 Å². The lowest BCUT2D eigenvalue weighted by atomic mass is 10.1. The molecule has 0 spiro atoms. The van der Waals surface area contributed by atoms with Crippen LogP contribution in [0, 0.1) is 12.8 Å². The van der Waals surface area contributed by atoms with Crippen molar-refractivity contribution in [1.29, 1.82) is 0 Å². The second kappa shape index (κ2) is 8.42. The number of benzene rings is 1. The summed E-state index contributed by atoms with van der Waals surface area (Å²) in [6, 6.07) is 5.30. The van der Waals surface area contributed by atoms with E-state index in [1.54, 1.807) is 18.2 Å². The number of nitrogens with one attached hydrogen (secondary N) is 3. The van der Waals surface area contributed by atoms with Crippen LogP contribution in [0.1, 0.15) is 36.2 Å². The Morgan fingerprint density at radius 1 is 1.19 bits per heavy atom. The van der Waals surface area contributed by atoms with Crippen LogP contribution in [0.4, 0.5) is 5.69 Å². The molecule has 0 atom stereocenters. The van der Waals surface area contributed by atoms with Gasteiger partial charge in [0, 0.05) is 30.8 Å². The van der Waals surface area contributed by atoms with E-state index in [-0.39, 0.29) is 11.8 Å². The van der Waals surface area contributed by atoms with Gasteiger partial charge in [-0.05, 0) is 43.7 Å². The summed E-state index contributed by atoms with van der Waals surface area (Å²) in [5.74, 6) is 0.218. The van der Waals surface area contributed by atoms with Crippen molar-refractivity contribution in [2.45, 2.75) is 27.2 Å². The Kier molecular flexibility index (Phi) is 6.88. The van der Waals surface area contributed by atoms with Crippen molar-refractivity contribution in [3.63, 3.8) is 0 Å². The van der Waals surface area contributed by atoms with E-state index < -0.39 is 0 Å². The van der Waals surface area contributed by atoms with Gasteiger partial charge < -0.3 is 16.0 Å². The highest BCUT2D eigenvalue weighted by molar-refractivity contribution is 5.96. The molecular formula is C16H25N3O2. The predicted octanol–water partition coefficient (Wildman–Crippen LogP) is 1.93. The first kappa shape index (κ1) is 17.2. The van der Waals surface area contributed by atoms with Crippen molar-refractivity contribution in [2.75, 3.05) is 25.5 Å². The smallest absolute Gasteiger partial charge is 0.251 e. The first-order valence-corrected chi connectivity index (χ1v) is 7.27. The summed E-state index contributed by atoms with van der Waals surface area (Å²) in [5, 5.41) is 8.67. The third kappa shape index (κ3) is 5.95. The number of likely N-dealkylation sites (N-methyl/N-ethyl adjacent to an activating group) is 1. The number of anilines is 1. The number of aryl methyl sites for hydroxylation is 1. The highest BCUT2D eigenvalue weighted by Crippen LogP contribution is 2.17. The molecule has 0 radical (unpaired) electrons. The summed E-state index contributed by atoms with van der Waals surface area (Å²) in [6.45, 7) is 7.21. The molecule has 0 fully saturated rings. The number of carbonyl (C=O) groups is 2. The fourth-order valence-corrected chi connectivity index (χ4v) is 1.92. The first-order valence-electron chi connectivity index (χ1n) is 7.27. The summed E-state index contributed by atoms with van der Waals surface area (Å²) < 4.78 is 0. The fraction of sp³-hybridized carbons (Fsp3) is 0.500. The largest absolute Gasteiger partial charge is 0.351 e. The molecule has 5 heteroatoms. The van der Waals surface area contributed by atoms with Crippen molar-refractivity contribution < 1.29 is 9.59 Å². The van der Waals surface area contributed by atoms with Gasteiger partial charge in [-0.3, -0.25) is 9.59 Å². The van der Waals surface area contributed by atoms with Gasteiger partial charge in [0.05, 0.1) is 0 Å². The van der Waals surface area contributed by atoms with E-state index in [0.717, 1.165) is 17.8 Å². The number of hydrogen-bond donors (Lipinski definition) is 3. The molecule has 21 heavy (non-hydrogen) atoms. The number of amides is 2. The standard InChI is InChI=1S/C16H25N3O2/c1-11(2)9-15(20)19-14-6-5-13(10-12(14)3)16(21)18-8-7-17-4/h5-6,10-11,17H,7-9H2,1-4H3,(H,18,21)(H,19,20). The van der Waals surface area contributed by atoms with E-state index in [1.807, 2.05) is 27.8 Å². The monoisotopic (exact) mass is 291 g/mol. The van der Waals surface area contributed by atoms with E-state index in [1.165, 1.54) is 0 Å². The number of hydrogen-bond acceptors (Lipinski definition) is 3. The third-order valence-corrected chi connectivity index (χ3v) is 3.02. The van der Waals surface area contributed by atoms with E-state index in [2.05, 4.69) is 16.0 Å². The minimum absolute atomic E-state index is 0.000628. The van der Waals surface area contributed by atoms with Crippen molar-refractivity contribution in [3.8, 4) is 0 Å². The Bertz CT molecular complexity index is 498. The first-order chi connectivity index (χ1) is 9.93. The summed E-state index contributed by atoms with van der Waals surface area (Å²) in [6.07, 6.45) is 0.492. The molecule has 0 bridgehead atoms. The minimum Gasteiger partial charge on any atom is -0.351 e. The molecule has 0 saturated heterocycles. The van der Waals surface area contributed by atoms with Gasteiger partial charge in [-0.2, -0.15) is 0 Å². The molecule has 0 aliphatic heterocycles. The lowest BCUT2D eigenvalue weighted by Gasteiger charge is -2.11. The second-order valence-electron chi connectivity index (χ2n) is 5.54. The molecular weight excluding hydrogens is 266 g/mol. The van der Waals surface area contributed by atoms with Crippen molar-refractivity contribution >= 4 is 17.5 Å². The number of rotatable bonds is 7. The molecule has 0 unspecified atom stereocenters. The molecule has 2 amide bonds. The molecule has 1 aromatic rings. The Hall–Kier alpha value is -1.88. The zero-order chi connectivity index (χ0) is 15.8. The molecule has 1 aromatic carbocycles. The molecule has 0 aromatic heterocycles. The highest BCUT2D eigenvalue weighted by atomic mass is 16.2. The van der Waals surface area contributed by atoms with Crippen LogP contribution in [-0.4, -0.2) is 32.0 Å². The number of carbonyl (C=O) groups excluding carboxylic acids is 2. The summed E-state index contributed by atoms with van der Waals surface area (Å²) in [5.41, 5.74) is 2.24. The highest BCUT2D eigenvalue weighted by Gasteiger charge is 2.10. The lowest BCUT2D eigenvalue weighted by molar-refractivity contribution is -0.116. The van der Waals surface area contributed by atoms with Gasteiger partial charge in [-0.25, -0.2) is 0 Å². The molecule has 0 heterocycles. The second-order valence-corrected chi connectivity index (χ2v) is 5.54. The van der Waals surface area contributed by atoms with Gasteiger partial charge in [-0.1, -0.05) is 13.8 Å². The maximum Gasteiger partial charge on any atom is 0.251 e. The average molecular weight is 291 g/mol. The Labute approximate surface area is 126 Å². The van der Waals surface area contributed by atoms with Crippen molar-refractivity contribution in [3.05, 3.63) is 29.3 Å². The van der Waals surface area contributed by atoms with Gasteiger partial charge in [0.15, 0.2) is 0 Å². The molecule has 0 aliphatic rings. The Morgan fingerprint density at radius 3 is 2.48 bits per heavy atom. The van der Waals surface area contributed by atoms with Crippen molar-refractivity contribution in [1.82, 2.24) is 10.6 Å². The van der Waals surface area contributed by atoms with E-state index in [9.17, 15) is 9.59 Å².